The first-order valence-corrected chi connectivity index (χ1v) is 8.07. The second-order valence-electron chi connectivity index (χ2n) is 5.58. The fourth-order valence-corrected chi connectivity index (χ4v) is 2.51. The van der Waals surface area contributed by atoms with Gasteiger partial charge in [-0.3, -0.25) is 4.99 Å². The molecule has 1 fully saturated rings. The van der Waals surface area contributed by atoms with Gasteiger partial charge in [0.15, 0.2) is 5.96 Å². The van der Waals surface area contributed by atoms with Gasteiger partial charge in [-0.25, -0.2) is 4.39 Å². The Morgan fingerprint density at radius 2 is 2.00 bits per heavy atom. The summed E-state index contributed by atoms with van der Waals surface area (Å²) in [4.78, 5) is 4.63. The maximum Gasteiger partial charge on any atom is 0.191 e. The van der Waals surface area contributed by atoms with Crippen LogP contribution >= 0.6 is 24.0 Å². The van der Waals surface area contributed by atoms with Crippen LogP contribution < -0.4 is 10.6 Å². The van der Waals surface area contributed by atoms with Crippen molar-refractivity contribution < 1.29 is 9.13 Å². The van der Waals surface area contributed by atoms with Crippen molar-refractivity contribution in [2.24, 2.45) is 4.99 Å². The maximum atomic E-state index is 14.0. The van der Waals surface area contributed by atoms with Crippen molar-refractivity contribution >= 4 is 29.9 Å². The Morgan fingerprint density at radius 1 is 1.26 bits per heavy atom. The van der Waals surface area contributed by atoms with Gasteiger partial charge in [-0.15, -0.1) is 24.0 Å². The third-order valence-electron chi connectivity index (χ3n) is 3.93. The summed E-state index contributed by atoms with van der Waals surface area (Å²) < 4.78 is 19.3. The highest BCUT2D eigenvalue weighted by molar-refractivity contribution is 14.0. The molecule has 23 heavy (non-hydrogen) atoms. The van der Waals surface area contributed by atoms with Crippen LogP contribution in [0.4, 0.5) is 4.39 Å². The maximum absolute atomic E-state index is 14.0. The SMILES string of the molecule is CCNC(=NCC1(c2ccccc2F)CC1)NCCOCC.I. The topological polar surface area (TPSA) is 45.7 Å². The summed E-state index contributed by atoms with van der Waals surface area (Å²) in [5.41, 5.74) is 0.678. The molecule has 0 radical (unpaired) electrons. The zero-order valence-electron chi connectivity index (χ0n) is 13.9. The third kappa shape index (κ3) is 5.91. The van der Waals surface area contributed by atoms with Gasteiger partial charge in [0, 0.05) is 25.1 Å². The number of guanidine groups is 1. The van der Waals surface area contributed by atoms with Crippen molar-refractivity contribution in [3.8, 4) is 0 Å². The van der Waals surface area contributed by atoms with E-state index in [4.69, 9.17) is 4.74 Å². The molecule has 2 rings (SSSR count). The van der Waals surface area contributed by atoms with Crippen molar-refractivity contribution in [2.45, 2.75) is 32.1 Å². The van der Waals surface area contributed by atoms with E-state index in [1.54, 1.807) is 6.07 Å². The summed E-state index contributed by atoms with van der Waals surface area (Å²) in [5, 5.41) is 6.46. The molecule has 0 unspecified atom stereocenters. The Labute approximate surface area is 155 Å². The number of benzene rings is 1. The highest BCUT2D eigenvalue weighted by Gasteiger charge is 2.45. The molecule has 0 bridgehead atoms. The van der Waals surface area contributed by atoms with Crippen LogP contribution in [0.1, 0.15) is 32.3 Å². The molecule has 1 aromatic carbocycles. The molecule has 0 aromatic heterocycles. The highest BCUT2D eigenvalue weighted by atomic mass is 127. The number of ether oxygens (including phenoxy) is 1. The summed E-state index contributed by atoms with van der Waals surface area (Å²) in [6.07, 6.45) is 1.99. The minimum atomic E-state index is -0.121. The van der Waals surface area contributed by atoms with E-state index < -0.39 is 0 Å². The molecule has 6 heteroatoms. The average Bonchev–Trinajstić information content (AvgIpc) is 3.30. The van der Waals surface area contributed by atoms with Gasteiger partial charge in [0.2, 0.25) is 0 Å². The fraction of sp³-hybridized carbons (Fsp3) is 0.588. The second kappa shape index (κ2) is 10.1. The van der Waals surface area contributed by atoms with Crippen LogP contribution in [0.25, 0.3) is 0 Å². The van der Waals surface area contributed by atoms with Gasteiger partial charge >= 0.3 is 0 Å². The second-order valence-corrected chi connectivity index (χ2v) is 5.58. The van der Waals surface area contributed by atoms with Gasteiger partial charge in [-0.05, 0) is 38.3 Å². The predicted molar refractivity (Wildman–Crippen MR) is 103 cm³/mol. The zero-order chi connectivity index (χ0) is 15.8. The van der Waals surface area contributed by atoms with Crippen LogP contribution in [0.2, 0.25) is 0 Å². The molecule has 0 spiro atoms. The van der Waals surface area contributed by atoms with Crippen molar-refractivity contribution in [3.63, 3.8) is 0 Å². The number of rotatable bonds is 8. The Bertz CT molecular complexity index is 506. The van der Waals surface area contributed by atoms with Gasteiger partial charge in [-0.2, -0.15) is 0 Å². The van der Waals surface area contributed by atoms with Crippen LogP contribution in [-0.2, 0) is 10.2 Å². The van der Waals surface area contributed by atoms with Crippen LogP contribution in [-0.4, -0.2) is 38.8 Å². The molecule has 0 aliphatic heterocycles. The zero-order valence-corrected chi connectivity index (χ0v) is 16.2. The first kappa shape index (κ1) is 20.2. The van der Waals surface area contributed by atoms with E-state index in [1.807, 2.05) is 26.0 Å². The molecule has 1 aromatic rings. The van der Waals surface area contributed by atoms with Crippen LogP contribution in [0.3, 0.4) is 0 Å². The molecule has 0 heterocycles. The average molecular weight is 435 g/mol. The largest absolute Gasteiger partial charge is 0.380 e. The minimum Gasteiger partial charge on any atom is -0.380 e. The molecule has 1 saturated carbocycles. The number of nitrogens with zero attached hydrogens (tertiary/aromatic N) is 1. The number of nitrogens with one attached hydrogen (secondary N) is 2. The van der Waals surface area contributed by atoms with E-state index in [1.165, 1.54) is 6.07 Å². The molecule has 4 nitrogen and oxygen atoms in total. The smallest absolute Gasteiger partial charge is 0.191 e. The summed E-state index contributed by atoms with van der Waals surface area (Å²) in [6, 6.07) is 7.04. The molecule has 0 atom stereocenters. The summed E-state index contributed by atoms with van der Waals surface area (Å²) in [7, 11) is 0. The molecule has 2 N–H and O–H groups in total. The highest BCUT2D eigenvalue weighted by Crippen LogP contribution is 2.49. The molecular weight excluding hydrogens is 408 g/mol. The lowest BCUT2D eigenvalue weighted by Crippen LogP contribution is -2.39. The lowest BCUT2D eigenvalue weighted by molar-refractivity contribution is 0.152. The summed E-state index contributed by atoms with van der Waals surface area (Å²) >= 11 is 0. The summed E-state index contributed by atoms with van der Waals surface area (Å²) in [6.45, 7) is 7.50. The Balaban J connectivity index is 0.00000264. The molecule has 1 aliphatic carbocycles. The lowest BCUT2D eigenvalue weighted by atomic mass is 9.95. The van der Waals surface area contributed by atoms with Gasteiger partial charge in [-0.1, -0.05) is 18.2 Å². The Hall–Kier alpha value is -0.890. The molecule has 0 amide bonds. The number of hydrogen-bond donors (Lipinski definition) is 2. The monoisotopic (exact) mass is 435 g/mol. The van der Waals surface area contributed by atoms with E-state index in [0.717, 1.165) is 30.9 Å². The van der Waals surface area contributed by atoms with Crippen LogP contribution in [0, 0.1) is 5.82 Å². The van der Waals surface area contributed by atoms with E-state index in [0.29, 0.717) is 26.3 Å². The quantitative estimate of drug-likeness (QED) is 0.286. The molecule has 130 valence electrons. The third-order valence-corrected chi connectivity index (χ3v) is 3.93. The molecular formula is C17H27FIN3O. The fourth-order valence-electron chi connectivity index (χ4n) is 2.51. The van der Waals surface area contributed by atoms with Crippen LogP contribution in [0.5, 0.6) is 0 Å². The van der Waals surface area contributed by atoms with Crippen molar-refractivity contribution in [3.05, 3.63) is 35.6 Å². The number of halogens is 2. The normalized spacial score (nSPS) is 15.7. The summed E-state index contributed by atoms with van der Waals surface area (Å²) in [5.74, 6) is 0.648. The lowest BCUT2D eigenvalue weighted by Gasteiger charge is -2.16. The standard InChI is InChI=1S/C17H26FN3O.HI/c1-3-19-16(20-11-12-22-4-2)21-13-17(9-10-17)14-7-5-6-8-15(14)18;/h5-8H,3-4,9-13H2,1-2H3,(H2,19,20,21);1H. The minimum absolute atomic E-state index is 0. The van der Waals surface area contributed by atoms with Crippen LogP contribution in [0.15, 0.2) is 29.3 Å². The van der Waals surface area contributed by atoms with E-state index in [-0.39, 0.29) is 35.2 Å². The molecule has 1 aliphatic rings. The number of aliphatic imine (C=N–C) groups is 1. The predicted octanol–water partition coefficient (Wildman–Crippen LogP) is 3.07. The van der Waals surface area contributed by atoms with Gasteiger partial charge in [0.05, 0.1) is 13.2 Å². The Morgan fingerprint density at radius 3 is 2.61 bits per heavy atom. The Kier molecular flexibility index (Phi) is 8.83. The van der Waals surface area contributed by atoms with E-state index >= 15 is 0 Å². The number of hydrogen-bond acceptors (Lipinski definition) is 2. The first-order valence-electron chi connectivity index (χ1n) is 8.07. The van der Waals surface area contributed by atoms with Crippen molar-refractivity contribution in [1.29, 1.82) is 0 Å². The van der Waals surface area contributed by atoms with Gasteiger partial charge in [0.25, 0.3) is 0 Å². The van der Waals surface area contributed by atoms with E-state index in [9.17, 15) is 4.39 Å². The first-order chi connectivity index (χ1) is 10.7. The van der Waals surface area contributed by atoms with Crippen molar-refractivity contribution in [1.82, 2.24) is 10.6 Å². The van der Waals surface area contributed by atoms with Gasteiger partial charge < -0.3 is 15.4 Å². The van der Waals surface area contributed by atoms with Crippen molar-refractivity contribution in [2.75, 3.05) is 32.8 Å². The van der Waals surface area contributed by atoms with Gasteiger partial charge in [0.1, 0.15) is 5.82 Å². The van der Waals surface area contributed by atoms with E-state index in [2.05, 4.69) is 15.6 Å². The molecule has 0 saturated heterocycles.